The van der Waals surface area contributed by atoms with Gasteiger partial charge in [0.05, 0.1) is 17.2 Å². The highest BCUT2D eigenvalue weighted by Crippen LogP contribution is 2.31. The molecule has 0 radical (unpaired) electrons. The zero-order valence-corrected chi connectivity index (χ0v) is 14.0. The number of furan rings is 1. The third kappa shape index (κ3) is 3.08. The van der Waals surface area contributed by atoms with Crippen molar-refractivity contribution in [3.8, 4) is 0 Å². The van der Waals surface area contributed by atoms with E-state index in [-0.39, 0.29) is 11.9 Å². The molecule has 1 N–H and O–H groups in total. The van der Waals surface area contributed by atoms with Crippen molar-refractivity contribution >= 4 is 17.2 Å². The number of hydrogen-bond acceptors (Lipinski definition) is 4. The predicted molar refractivity (Wildman–Crippen MR) is 90.9 cm³/mol. The molecule has 1 aliphatic heterocycles. The van der Waals surface area contributed by atoms with Gasteiger partial charge in [-0.15, -0.1) is 11.3 Å². The fourth-order valence-corrected chi connectivity index (χ4v) is 4.83. The van der Waals surface area contributed by atoms with Gasteiger partial charge in [-0.05, 0) is 69.0 Å². The molecule has 0 unspecified atom stereocenters. The summed E-state index contributed by atoms with van der Waals surface area (Å²) in [5, 5.41) is 3.12. The molecule has 4 rings (SSSR count). The van der Waals surface area contributed by atoms with Gasteiger partial charge in [0.15, 0.2) is 0 Å². The monoisotopic (exact) mass is 330 g/mol. The van der Waals surface area contributed by atoms with Crippen LogP contribution in [-0.2, 0) is 12.8 Å². The van der Waals surface area contributed by atoms with E-state index in [1.165, 1.54) is 29.7 Å². The first-order chi connectivity index (χ1) is 11.3. The minimum Gasteiger partial charge on any atom is -0.468 e. The van der Waals surface area contributed by atoms with Gasteiger partial charge in [-0.1, -0.05) is 0 Å². The normalized spacial score (nSPS) is 19.0. The second kappa shape index (κ2) is 6.49. The van der Waals surface area contributed by atoms with Crippen LogP contribution >= 0.6 is 11.3 Å². The van der Waals surface area contributed by atoms with E-state index in [1.54, 1.807) is 17.6 Å². The number of rotatable bonds is 5. The van der Waals surface area contributed by atoms with Crippen molar-refractivity contribution in [3.05, 3.63) is 45.5 Å². The average Bonchev–Trinajstić information content (AvgIpc) is 3.31. The fraction of sp³-hybridized carbons (Fsp3) is 0.500. The van der Waals surface area contributed by atoms with E-state index in [0.717, 1.165) is 36.6 Å². The summed E-state index contributed by atoms with van der Waals surface area (Å²) in [5.74, 6) is 1.00. The molecule has 5 heteroatoms. The number of thiophene rings is 1. The van der Waals surface area contributed by atoms with Crippen molar-refractivity contribution < 1.29 is 9.21 Å². The van der Waals surface area contributed by atoms with Crippen LogP contribution in [0.5, 0.6) is 0 Å². The zero-order valence-electron chi connectivity index (χ0n) is 13.2. The fourth-order valence-electron chi connectivity index (χ4n) is 3.66. The lowest BCUT2D eigenvalue weighted by atomic mass is 10.2. The van der Waals surface area contributed by atoms with Gasteiger partial charge >= 0.3 is 0 Å². The van der Waals surface area contributed by atoms with Crippen LogP contribution in [0.3, 0.4) is 0 Å². The lowest BCUT2D eigenvalue weighted by molar-refractivity contribution is 0.0938. The Kier molecular flexibility index (Phi) is 4.23. The topological polar surface area (TPSA) is 45.5 Å². The molecular weight excluding hydrogens is 308 g/mol. The summed E-state index contributed by atoms with van der Waals surface area (Å²) in [5.41, 5.74) is 1.38. The summed E-state index contributed by atoms with van der Waals surface area (Å²) in [4.78, 5) is 17.2. The van der Waals surface area contributed by atoms with Crippen molar-refractivity contribution in [2.24, 2.45) is 0 Å². The van der Waals surface area contributed by atoms with Crippen LogP contribution in [-0.4, -0.2) is 30.4 Å². The SMILES string of the molecule is O=C(NC[C@@H](c1ccco1)N1CCCC1)c1cc2c(s1)CCC2. The number of carbonyl (C=O) groups is 1. The van der Waals surface area contributed by atoms with Gasteiger partial charge in [0.2, 0.25) is 0 Å². The van der Waals surface area contributed by atoms with Gasteiger partial charge in [0.25, 0.3) is 5.91 Å². The van der Waals surface area contributed by atoms with E-state index >= 15 is 0 Å². The largest absolute Gasteiger partial charge is 0.468 e. The summed E-state index contributed by atoms with van der Waals surface area (Å²) in [6, 6.07) is 6.15. The maximum atomic E-state index is 12.5. The number of likely N-dealkylation sites (tertiary alicyclic amines) is 1. The Bertz CT molecular complexity index is 650. The van der Waals surface area contributed by atoms with Gasteiger partial charge in [-0.25, -0.2) is 0 Å². The minimum absolute atomic E-state index is 0.0557. The molecular formula is C18H22N2O2S. The quantitative estimate of drug-likeness (QED) is 0.914. The second-order valence-corrected chi connectivity index (χ2v) is 7.53. The molecule has 1 aliphatic carbocycles. The summed E-state index contributed by atoms with van der Waals surface area (Å²) in [6.07, 6.45) is 7.66. The first-order valence-electron chi connectivity index (χ1n) is 8.48. The number of amides is 1. The highest BCUT2D eigenvalue weighted by molar-refractivity contribution is 7.14. The molecule has 0 bridgehead atoms. The molecule has 2 aromatic rings. The second-order valence-electron chi connectivity index (χ2n) is 6.40. The van der Waals surface area contributed by atoms with E-state index in [9.17, 15) is 4.79 Å². The molecule has 3 heterocycles. The number of fused-ring (bicyclic) bond motifs is 1. The van der Waals surface area contributed by atoms with Gasteiger partial charge in [-0.2, -0.15) is 0 Å². The van der Waals surface area contributed by atoms with Crippen LogP contribution in [0, 0.1) is 0 Å². The molecule has 2 aromatic heterocycles. The van der Waals surface area contributed by atoms with Crippen LogP contribution in [0.4, 0.5) is 0 Å². The number of nitrogens with one attached hydrogen (secondary N) is 1. The Hall–Kier alpha value is -1.59. The Labute approximate surface area is 140 Å². The molecule has 2 aliphatic rings. The van der Waals surface area contributed by atoms with E-state index in [2.05, 4.69) is 16.3 Å². The molecule has 122 valence electrons. The van der Waals surface area contributed by atoms with Crippen molar-refractivity contribution in [2.75, 3.05) is 19.6 Å². The van der Waals surface area contributed by atoms with Crippen LogP contribution in [0.1, 0.15) is 51.2 Å². The summed E-state index contributed by atoms with van der Waals surface area (Å²) in [6.45, 7) is 2.76. The Morgan fingerprint density at radius 3 is 2.91 bits per heavy atom. The van der Waals surface area contributed by atoms with Crippen molar-refractivity contribution in [1.29, 1.82) is 0 Å². The lowest BCUT2D eigenvalue weighted by Gasteiger charge is -2.25. The van der Waals surface area contributed by atoms with E-state index < -0.39 is 0 Å². The van der Waals surface area contributed by atoms with E-state index in [1.807, 2.05) is 12.1 Å². The molecule has 0 aromatic carbocycles. The molecule has 23 heavy (non-hydrogen) atoms. The highest BCUT2D eigenvalue weighted by Gasteiger charge is 2.26. The molecule has 1 saturated heterocycles. The van der Waals surface area contributed by atoms with E-state index in [4.69, 9.17) is 4.42 Å². The van der Waals surface area contributed by atoms with Gasteiger partial charge in [0, 0.05) is 11.4 Å². The van der Waals surface area contributed by atoms with Gasteiger partial charge in [-0.3, -0.25) is 9.69 Å². The minimum atomic E-state index is 0.0557. The van der Waals surface area contributed by atoms with E-state index in [0.29, 0.717) is 6.54 Å². The van der Waals surface area contributed by atoms with Crippen molar-refractivity contribution in [3.63, 3.8) is 0 Å². The lowest BCUT2D eigenvalue weighted by Crippen LogP contribution is -2.36. The number of hydrogen-bond donors (Lipinski definition) is 1. The Balaban J connectivity index is 1.43. The molecule has 4 nitrogen and oxygen atoms in total. The smallest absolute Gasteiger partial charge is 0.261 e. The number of nitrogens with zero attached hydrogens (tertiary/aromatic N) is 1. The molecule has 1 atom stereocenters. The standard InChI is InChI=1S/C18H22N2O2S/c21-18(17-11-13-5-3-7-16(13)23-17)19-12-14(15-6-4-10-22-15)20-8-1-2-9-20/h4,6,10-11,14H,1-3,5,7-9,12H2,(H,19,21)/t14-/m0/s1. The average molecular weight is 330 g/mol. The van der Waals surface area contributed by atoms with Crippen LogP contribution < -0.4 is 5.32 Å². The molecule has 1 amide bonds. The highest BCUT2D eigenvalue weighted by atomic mass is 32.1. The van der Waals surface area contributed by atoms with Gasteiger partial charge in [0.1, 0.15) is 5.76 Å². The third-order valence-corrected chi connectivity index (χ3v) is 6.12. The van der Waals surface area contributed by atoms with Crippen LogP contribution in [0.25, 0.3) is 0 Å². The Morgan fingerprint density at radius 2 is 2.17 bits per heavy atom. The number of carbonyl (C=O) groups excluding carboxylic acids is 1. The summed E-state index contributed by atoms with van der Waals surface area (Å²) < 4.78 is 5.61. The van der Waals surface area contributed by atoms with Crippen molar-refractivity contribution in [2.45, 2.75) is 38.1 Å². The summed E-state index contributed by atoms with van der Waals surface area (Å²) >= 11 is 1.66. The maximum absolute atomic E-state index is 12.5. The first kappa shape index (κ1) is 15.0. The Morgan fingerprint density at radius 1 is 1.30 bits per heavy atom. The van der Waals surface area contributed by atoms with Crippen molar-refractivity contribution in [1.82, 2.24) is 10.2 Å². The van der Waals surface area contributed by atoms with Crippen LogP contribution in [0.15, 0.2) is 28.9 Å². The predicted octanol–water partition coefficient (Wildman–Crippen LogP) is 3.40. The van der Waals surface area contributed by atoms with Crippen LogP contribution in [0.2, 0.25) is 0 Å². The first-order valence-corrected chi connectivity index (χ1v) is 9.30. The third-order valence-electron chi connectivity index (χ3n) is 4.88. The maximum Gasteiger partial charge on any atom is 0.261 e. The molecule has 0 spiro atoms. The summed E-state index contributed by atoms with van der Waals surface area (Å²) in [7, 11) is 0. The van der Waals surface area contributed by atoms with Gasteiger partial charge < -0.3 is 9.73 Å². The number of aryl methyl sites for hydroxylation is 2. The molecule has 0 saturated carbocycles. The molecule has 1 fully saturated rings. The zero-order chi connectivity index (χ0) is 15.6.